The van der Waals surface area contributed by atoms with Crippen LogP contribution in [0.2, 0.25) is 0 Å². The Balaban J connectivity index is 1.83. The summed E-state index contributed by atoms with van der Waals surface area (Å²) in [7, 11) is 0. The minimum atomic E-state index is -3.19. The molecule has 0 bridgehead atoms. The fourth-order valence-corrected chi connectivity index (χ4v) is 5.84. The van der Waals surface area contributed by atoms with Crippen LogP contribution in [0.1, 0.15) is 56.6 Å². The standard InChI is InChI=1S/C22H31O3PS/c1-2-3-4-5-6-13-18-27-26(23,24-19-21-14-9-7-10-15-21)25-20-22-16-11-8-12-17-22/h7-12,14-17H,2-6,13,18-20H2,1H3. The quantitative estimate of drug-likeness (QED) is 0.239. The summed E-state index contributed by atoms with van der Waals surface area (Å²) in [6.07, 6.45) is 7.30. The molecule has 0 aliphatic rings. The third-order valence-corrected chi connectivity index (χ3v) is 8.02. The highest BCUT2D eigenvalue weighted by atomic mass is 32.7. The predicted molar refractivity (Wildman–Crippen MR) is 116 cm³/mol. The second-order valence-corrected chi connectivity index (χ2v) is 10.8. The molecule has 0 saturated carbocycles. The molecular formula is C22H31O3PS. The first-order chi connectivity index (χ1) is 13.2. The smallest absolute Gasteiger partial charge is 0.296 e. The number of hydrogen-bond acceptors (Lipinski definition) is 4. The lowest BCUT2D eigenvalue weighted by molar-refractivity contribution is 0.207. The molecule has 0 saturated heterocycles. The lowest BCUT2D eigenvalue weighted by Gasteiger charge is -2.18. The maximum Gasteiger partial charge on any atom is 0.389 e. The molecule has 2 aromatic carbocycles. The van der Waals surface area contributed by atoms with E-state index in [9.17, 15) is 4.57 Å². The molecule has 0 N–H and O–H groups in total. The highest BCUT2D eigenvalue weighted by molar-refractivity contribution is 8.55. The molecule has 0 spiro atoms. The predicted octanol–water partition coefficient (Wildman–Crippen LogP) is 7.62. The first kappa shape index (κ1) is 22.2. The van der Waals surface area contributed by atoms with Crippen LogP contribution >= 0.6 is 18.2 Å². The number of rotatable bonds is 14. The maximum atomic E-state index is 13.2. The molecule has 27 heavy (non-hydrogen) atoms. The van der Waals surface area contributed by atoms with Gasteiger partial charge in [0.05, 0.1) is 13.2 Å². The van der Waals surface area contributed by atoms with Crippen LogP contribution < -0.4 is 0 Å². The monoisotopic (exact) mass is 406 g/mol. The van der Waals surface area contributed by atoms with E-state index in [1.165, 1.54) is 43.5 Å². The Bertz CT molecular complexity index is 616. The summed E-state index contributed by atoms with van der Waals surface area (Å²) in [6, 6.07) is 19.6. The van der Waals surface area contributed by atoms with Crippen LogP contribution in [0, 0.1) is 0 Å². The van der Waals surface area contributed by atoms with Gasteiger partial charge >= 0.3 is 6.80 Å². The van der Waals surface area contributed by atoms with E-state index in [2.05, 4.69) is 6.92 Å². The Morgan fingerprint density at radius 3 is 1.74 bits per heavy atom. The Morgan fingerprint density at radius 2 is 1.22 bits per heavy atom. The van der Waals surface area contributed by atoms with E-state index in [0.29, 0.717) is 13.2 Å². The van der Waals surface area contributed by atoms with E-state index in [1.54, 1.807) is 0 Å². The number of hydrogen-bond donors (Lipinski definition) is 0. The van der Waals surface area contributed by atoms with Crippen LogP contribution in [0.5, 0.6) is 0 Å². The zero-order valence-corrected chi connectivity index (χ0v) is 17.9. The molecule has 0 heterocycles. The molecule has 0 aliphatic carbocycles. The first-order valence-electron chi connectivity index (χ1n) is 9.83. The van der Waals surface area contributed by atoms with E-state index >= 15 is 0 Å². The Hall–Kier alpha value is -1.06. The second-order valence-electron chi connectivity index (χ2n) is 6.57. The van der Waals surface area contributed by atoms with Crippen LogP contribution in [0.25, 0.3) is 0 Å². The van der Waals surface area contributed by atoms with Crippen LogP contribution in [0.15, 0.2) is 60.7 Å². The van der Waals surface area contributed by atoms with Gasteiger partial charge in [-0.25, -0.2) is 4.57 Å². The van der Waals surface area contributed by atoms with Crippen molar-refractivity contribution in [1.29, 1.82) is 0 Å². The summed E-state index contributed by atoms with van der Waals surface area (Å²) in [5.74, 6) is 0.799. The molecule has 0 radical (unpaired) electrons. The van der Waals surface area contributed by atoms with E-state index in [4.69, 9.17) is 9.05 Å². The molecule has 0 atom stereocenters. The van der Waals surface area contributed by atoms with Gasteiger partial charge in [-0.1, -0.05) is 99.7 Å². The maximum absolute atomic E-state index is 13.2. The second kappa shape index (κ2) is 13.2. The van der Waals surface area contributed by atoms with Crippen molar-refractivity contribution in [2.75, 3.05) is 5.75 Å². The van der Waals surface area contributed by atoms with Gasteiger partial charge in [-0.05, 0) is 28.9 Å². The minimum absolute atomic E-state index is 0.302. The molecule has 3 nitrogen and oxygen atoms in total. The summed E-state index contributed by atoms with van der Waals surface area (Å²) < 4.78 is 24.8. The SMILES string of the molecule is CCCCCCCCSP(=O)(OCc1ccccc1)OCc1ccccc1. The van der Waals surface area contributed by atoms with Crippen molar-refractivity contribution in [3.8, 4) is 0 Å². The van der Waals surface area contributed by atoms with Gasteiger partial charge in [0.2, 0.25) is 0 Å². The summed E-state index contributed by atoms with van der Waals surface area (Å²) >= 11 is 1.34. The Labute approximate surface area is 168 Å². The van der Waals surface area contributed by atoms with Gasteiger partial charge in [0.15, 0.2) is 0 Å². The van der Waals surface area contributed by atoms with Crippen LogP contribution in [-0.4, -0.2) is 5.75 Å². The fourth-order valence-electron chi connectivity index (χ4n) is 2.63. The van der Waals surface area contributed by atoms with Crippen molar-refractivity contribution < 1.29 is 13.6 Å². The van der Waals surface area contributed by atoms with Crippen molar-refractivity contribution in [2.45, 2.75) is 58.7 Å². The van der Waals surface area contributed by atoms with E-state index < -0.39 is 6.80 Å². The highest BCUT2D eigenvalue weighted by Gasteiger charge is 2.25. The molecule has 0 aromatic heterocycles. The zero-order chi connectivity index (χ0) is 19.2. The van der Waals surface area contributed by atoms with Crippen LogP contribution in [0.4, 0.5) is 0 Å². The molecule has 0 aliphatic heterocycles. The number of unbranched alkanes of at least 4 members (excludes halogenated alkanes) is 5. The molecule has 2 rings (SSSR count). The van der Waals surface area contributed by atoms with Crippen molar-refractivity contribution in [1.82, 2.24) is 0 Å². The van der Waals surface area contributed by atoms with E-state index in [0.717, 1.165) is 23.3 Å². The molecule has 0 fully saturated rings. The van der Waals surface area contributed by atoms with Crippen LogP contribution in [0.3, 0.4) is 0 Å². The largest absolute Gasteiger partial charge is 0.389 e. The lowest BCUT2D eigenvalue weighted by atomic mass is 10.1. The summed E-state index contributed by atoms with van der Waals surface area (Å²) in [4.78, 5) is 0. The Morgan fingerprint density at radius 1 is 0.741 bits per heavy atom. The van der Waals surface area contributed by atoms with Crippen molar-refractivity contribution in [3.63, 3.8) is 0 Å². The van der Waals surface area contributed by atoms with Crippen molar-refractivity contribution in [3.05, 3.63) is 71.8 Å². The van der Waals surface area contributed by atoms with Gasteiger partial charge < -0.3 is 0 Å². The van der Waals surface area contributed by atoms with Gasteiger partial charge in [0, 0.05) is 5.75 Å². The van der Waals surface area contributed by atoms with Gasteiger partial charge in [0.1, 0.15) is 0 Å². The molecule has 0 amide bonds. The lowest BCUT2D eigenvalue weighted by Crippen LogP contribution is -1.96. The summed E-state index contributed by atoms with van der Waals surface area (Å²) in [5.41, 5.74) is 2.00. The molecular weight excluding hydrogens is 375 g/mol. The Kier molecular flexibility index (Phi) is 10.8. The van der Waals surface area contributed by atoms with Crippen molar-refractivity contribution >= 4 is 18.2 Å². The normalized spacial score (nSPS) is 11.6. The summed E-state index contributed by atoms with van der Waals surface area (Å²) in [6.45, 7) is -0.368. The van der Waals surface area contributed by atoms with Crippen molar-refractivity contribution in [2.24, 2.45) is 0 Å². The minimum Gasteiger partial charge on any atom is -0.296 e. The highest BCUT2D eigenvalue weighted by Crippen LogP contribution is 2.61. The third kappa shape index (κ3) is 9.62. The van der Waals surface area contributed by atoms with Gasteiger partial charge in [-0.15, -0.1) is 0 Å². The average molecular weight is 407 g/mol. The van der Waals surface area contributed by atoms with E-state index in [-0.39, 0.29) is 0 Å². The van der Waals surface area contributed by atoms with Gasteiger partial charge in [0.25, 0.3) is 0 Å². The van der Waals surface area contributed by atoms with Gasteiger partial charge in [-0.2, -0.15) is 0 Å². The topological polar surface area (TPSA) is 35.5 Å². The number of benzene rings is 2. The third-order valence-electron chi connectivity index (χ3n) is 4.21. The van der Waals surface area contributed by atoms with E-state index in [1.807, 2.05) is 60.7 Å². The first-order valence-corrected chi connectivity index (χ1v) is 13.0. The molecule has 148 valence electrons. The summed E-state index contributed by atoms with van der Waals surface area (Å²) in [5, 5.41) is 0. The van der Waals surface area contributed by atoms with Gasteiger partial charge in [-0.3, -0.25) is 9.05 Å². The zero-order valence-electron chi connectivity index (χ0n) is 16.2. The molecule has 0 unspecified atom stereocenters. The fraction of sp³-hybridized carbons (Fsp3) is 0.455. The van der Waals surface area contributed by atoms with Crippen LogP contribution in [-0.2, 0) is 26.8 Å². The average Bonchev–Trinajstić information content (AvgIpc) is 2.72. The molecule has 5 heteroatoms. The molecule has 2 aromatic rings.